The predicted octanol–water partition coefficient (Wildman–Crippen LogP) is 4.57. The topological polar surface area (TPSA) is 74.6 Å². The van der Waals surface area contributed by atoms with Gasteiger partial charge < -0.3 is 19.7 Å². The van der Waals surface area contributed by atoms with Gasteiger partial charge in [-0.1, -0.05) is 6.07 Å². The van der Waals surface area contributed by atoms with E-state index in [1.165, 1.54) is 11.3 Å². The van der Waals surface area contributed by atoms with E-state index < -0.39 is 0 Å². The maximum absolute atomic E-state index is 12.7. The number of hydrogen-bond acceptors (Lipinski definition) is 6. The predicted molar refractivity (Wildman–Crippen MR) is 118 cm³/mol. The summed E-state index contributed by atoms with van der Waals surface area (Å²) in [5.74, 6) is 1.25. The van der Waals surface area contributed by atoms with Crippen molar-refractivity contribution < 1.29 is 14.3 Å². The van der Waals surface area contributed by atoms with Crippen LogP contribution in [0.25, 0.3) is 0 Å². The van der Waals surface area contributed by atoms with E-state index in [2.05, 4.69) is 11.4 Å². The van der Waals surface area contributed by atoms with E-state index in [1.54, 1.807) is 12.1 Å². The highest BCUT2D eigenvalue weighted by Crippen LogP contribution is 2.37. The molecule has 0 atom stereocenters. The molecule has 0 fully saturated rings. The third-order valence-electron chi connectivity index (χ3n) is 5.03. The van der Waals surface area contributed by atoms with E-state index in [0.29, 0.717) is 22.5 Å². The normalized spacial score (nSPS) is 11.8. The first-order valence-corrected chi connectivity index (χ1v) is 10.3. The summed E-state index contributed by atoms with van der Waals surface area (Å²) >= 11 is 1.44. The first-order valence-electron chi connectivity index (χ1n) is 9.46. The highest BCUT2D eigenvalue weighted by molar-refractivity contribution is 7.16. The van der Waals surface area contributed by atoms with E-state index in [4.69, 9.17) is 9.47 Å². The highest BCUT2D eigenvalue weighted by Gasteiger charge is 2.19. The number of thiophene rings is 1. The second kappa shape index (κ2) is 8.09. The Balaban J connectivity index is 1.55. The average Bonchev–Trinajstić information content (AvgIpc) is 3.32. The van der Waals surface area contributed by atoms with Gasteiger partial charge in [-0.25, -0.2) is 0 Å². The van der Waals surface area contributed by atoms with Crippen LogP contribution in [0.5, 0.6) is 11.5 Å². The van der Waals surface area contributed by atoms with Crippen LogP contribution in [0.1, 0.15) is 31.9 Å². The third-order valence-corrected chi connectivity index (χ3v) is 6.24. The Morgan fingerprint density at radius 1 is 1.17 bits per heavy atom. The molecule has 152 valence electrons. The van der Waals surface area contributed by atoms with Crippen molar-refractivity contribution in [2.45, 2.75) is 13.3 Å². The minimum Gasteiger partial charge on any atom is -0.454 e. The number of nitriles is 1. The molecule has 4 rings (SSSR count). The minimum atomic E-state index is -0.229. The average molecular weight is 420 g/mol. The summed E-state index contributed by atoms with van der Waals surface area (Å²) in [5, 5.41) is 13.1. The standard InChI is InChI=1S/C23H21N3O3S/c1-14-18(12-24)23(25-22(27)16-5-7-17(8-6-16)26(2)3)30-21(14)11-15-4-9-19-20(10-15)29-13-28-19/h4-10H,11,13H2,1-3H3,(H,25,27). The molecule has 1 aliphatic heterocycles. The van der Waals surface area contributed by atoms with Crippen LogP contribution in [-0.2, 0) is 6.42 Å². The summed E-state index contributed by atoms with van der Waals surface area (Å²) in [7, 11) is 3.90. The lowest BCUT2D eigenvalue weighted by Crippen LogP contribution is -2.13. The zero-order valence-electron chi connectivity index (χ0n) is 17.0. The summed E-state index contributed by atoms with van der Waals surface area (Å²) in [4.78, 5) is 15.7. The Hall–Kier alpha value is -3.50. The first-order chi connectivity index (χ1) is 14.5. The van der Waals surface area contributed by atoms with Crippen molar-refractivity contribution in [3.63, 3.8) is 0 Å². The van der Waals surface area contributed by atoms with E-state index in [-0.39, 0.29) is 12.7 Å². The van der Waals surface area contributed by atoms with Gasteiger partial charge in [-0.15, -0.1) is 11.3 Å². The number of anilines is 2. The Kier molecular flexibility index (Phi) is 5.34. The fraction of sp³-hybridized carbons (Fsp3) is 0.217. The lowest BCUT2D eigenvalue weighted by atomic mass is 10.1. The maximum atomic E-state index is 12.7. The van der Waals surface area contributed by atoms with Crippen LogP contribution < -0.4 is 19.7 Å². The molecule has 1 aromatic heterocycles. The molecule has 1 N–H and O–H groups in total. The second-order valence-corrected chi connectivity index (χ2v) is 8.33. The molecule has 0 saturated heterocycles. The fourth-order valence-corrected chi connectivity index (χ4v) is 4.46. The van der Waals surface area contributed by atoms with Crippen molar-refractivity contribution in [1.29, 1.82) is 5.26 Å². The summed E-state index contributed by atoms with van der Waals surface area (Å²) in [6.07, 6.45) is 0.648. The molecule has 6 nitrogen and oxygen atoms in total. The molecule has 0 aliphatic carbocycles. The Bertz CT molecular complexity index is 1140. The summed E-state index contributed by atoms with van der Waals surface area (Å²) < 4.78 is 10.8. The third kappa shape index (κ3) is 3.82. The van der Waals surface area contributed by atoms with Gasteiger partial charge >= 0.3 is 0 Å². The zero-order valence-corrected chi connectivity index (χ0v) is 17.8. The zero-order chi connectivity index (χ0) is 21.3. The van der Waals surface area contributed by atoms with Gasteiger partial charge in [0.05, 0.1) is 5.56 Å². The molecule has 1 aliphatic rings. The highest BCUT2D eigenvalue weighted by atomic mass is 32.1. The molecule has 2 heterocycles. The summed E-state index contributed by atoms with van der Waals surface area (Å²) in [6, 6.07) is 15.4. The monoisotopic (exact) mass is 419 g/mol. The number of carbonyl (C=O) groups excluding carboxylic acids is 1. The van der Waals surface area contributed by atoms with Gasteiger partial charge in [0.15, 0.2) is 11.5 Å². The molecular weight excluding hydrogens is 398 g/mol. The molecule has 2 aromatic carbocycles. The number of rotatable bonds is 5. The van der Waals surface area contributed by atoms with Crippen LogP contribution >= 0.6 is 11.3 Å². The second-order valence-electron chi connectivity index (χ2n) is 7.23. The fourth-order valence-electron chi connectivity index (χ4n) is 3.27. The van der Waals surface area contributed by atoms with Crippen LogP contribution in [-0.4, -0.2) is 26.8 Å². The van der Waals surface area contributed by atoms with Crippen molar-refractivity contribution >= 4 is 27.9 Å². The van der Waals surface area contributed by atoms with Crippen LogP contribution in [0.2, 0.25) is 0 Å². The van der Waals surface area contributed by atoms with E-state index in [9.17, 15) is 10.1 Å². The first kappa shape index (κ1) is 19.8. The van der Waals surface area contributed by atoms with Gasteiger partial charge in [0, 0.05) is 36.6 Å². The summed E-state index contributed by atoms with van der Waals surface area (Å²) in [6.45, 7) is 2.15. The molecular formula is C23H21N3O3S. The van der Waals surface area contributed by atoms with Crippen molar-refractivity contribution in [3.05, 3.63) is 69.6 Å². The maximum Gasteiger partial charge on any atom is 0.256 e. The molecule has 3 aromatic rings. The number of benzene rings is 2. The number of carbonyl (C=O) groups is 1. The smallest absolute Gasteiger partial charge is 0.256 e. The number of nitrogens with zero attached hydrogens (tertiary/aromatic N) is 2. The number of amides is 1. The molecule has 0 bridgehead atoms. The number of hydrogen-bond donors (Lipinski definition) is 1. The summed E-state index contributed by atoms with van der Waals surface area (Å²) in [5.41, 5.74) is 4.02. The van der Waals surface area contributed by atoms with Gasteiger partial charge in [0.2, 0.25) is 6.79 Å². The van der Waals surface area contributed by atoms with E-state index in [0.717, 1.165) is 33.2 Å². The van der Waals surface area contributed by atoms with Gasteiger partial charge in [-0.05, 0) is 54.4 Å². The van der Waals surface area contributed by atoms with Crippen LogP contribution in [0.15, 0.2) is 42.5 Å². The van der Waals surface area contributed by atoms with Gasteiger partial charge in [-0.2, -0.15) is 5.26 Å². The van der Waals surface area contributed by atoms with Crippen LogP contribution in [0, 0.1) is 18.3 Å². The van der Waals surface area contributed by atoms with Crippen molar-refractivity contribution in [3.8, 4) is 17.6 Å². The van der Waals surface area contributed by atoms with Crippen molar-refractivity contribution in [1.82, 2.24) is 0 Å². The Labute approximate surface area is 179 Å². The number of ether oxygens (including phenoxy) is 2. The molecule has 30 heavy (non-hydrogen) atoms. The SMILES string of the molecule is Cc1c(Cc2ccc3c(c2)OCO3)sc(NC(=O)c2ccc(N(C)C)cc2)c1C#N. The van der Waals surface area contributed by atoms with E-state index in [1.807, 2.05) is 56.3 Å². The molecule has 1 amide bonds. The molecule has 0 saturated carbocycles. The van der Waals surface area contributed by atoms with E-state index >= 15 is 0 Å². The Morgan fingerprint density at radius 2 is 1.90 bits per heavy atom. The molecule has 7 heteroatoms. The Morgan fingerprint density at radius 3 is 2.60 bits per heavy atom. The molecule has 0 spiro atoms. The minimum absolute atomic E-state index is 0.229. The van der Waals surface area contributed by atoms with Crippen molar-refractivity contribution in [2.24, 2.45) is 0 Å². The van der Waals surface area contributed by atoms with Gasteiger partial charge in [0.1, 0.15) is 11.1 Å². The molecule has 0 unspecified atom stereocenters. The van der Waals surface area contributed by atoms with Crippen LogP contribution in [0.3, 0.4) is 0 Å². The quantitative estimate of drug-likeness (QED) is 0.656. The largest absolute Gasteiger partial charge is 0.454 e. The van der Waals surface area contributed by atoms with Gasteiger partial charge in [-0.3, -0.25) is 4.79 Å². The van der Waals surface area contributed by atoms with Crippen molar-refractivity contribution in [2.75, 3.05) is 31.1 Å². The van der Waals surface area contributed by atoms with Crippen LogP contribution in [0.4, 0.5) is 10.7 Å². The lowest BCUT2D eigenvalue weighted by molar-refractivity contribution is 0.102. The number of nitrogens with one attached hydrogen (secondary N) is 1. The number of fused-ring (bicyclic) bond motifs is 1. The molecule has 0 radical (unpaired) electrons. The van der Waals surface area contributed by atoms with Gasteiger partial charge in [0.25, 0.3) is 5.91 Å². The lowest BCUT2D eigenvalue weighted by Gasteiger charge is -2.12.